The van der Waals surface area contributed by atoms with E-state index in [1.165, 1.54) is 7.11 Å². The molecule has 150 valence electrons. The van der Waals surface area contributed by atoms with Gasteiger partial charge >= 0.3 is 6.18 Å². The minimum Gasteiger partial charge on any atom is -0.495 e. The molecule has 0 saturated heterocycles. The number of nitrogens with zero attached hydrogens (tertiary/aromatic N) is 3. The standard InChI is InChI=1S/C19H15F3N4O2S/c1-28-16-4-2-13(19(20,21)22)10-15(16)24-17(27)11-29-18-5-3-14(25-26-18)12-6-8-23-9-7-12/h2-10H,11H2,1H3,(H,24,27). The molecule has 0 atom stereocenters. The van der Waals surface area contributed by atoms with Crippen LogP contribution in [-0.4, -0.2) is 34.0 Å². The van der Waals surface area contributed by atoms with Crippen LogP contribution in [0.15, 0.2) is 59.9 Å². The van der Waals surface area contributed by atoms with Gasteiger partial charge in [-0.15, -0.1) is 10.2 Å². The summed E-state index contributed by atoms with van der Waals surface area (Å²) in [5.74, 6) is -0.409. The number of carbonyl (C=O) groups is 1. The number of hydrogen-bond acceptors (Lipinski definition) is 6. The smallest absolute Gasteiger partial charge is 0.416 e. The average molecular weight is 420 g/mol. The molecule has 0 radical (unpaired) electrons. The molecule has 1 aromatic carbocycles. The molecular weight excluding hydrogens is 405 g/mol. The first-order valence-corrected chi connectivity index (χ1v) is 9.27. The molecule has 0 bridgehead atoms. The van der Waals surface area contributed by atoms with E-state index in [4.69, 9.17) is 4.74 Å². The highest BCUT2D eigenvalue weighted by molar-refractivity contribution is 7.99. The van der Waals surface area contributed by atoms with Crippen LogP contribution in [0, 0.1) is 0 Å². The van der Waals surface area contributed by atoms with Crippen molar-refractivity contribution in [2.24, 2.45) is 0 Å². The van der Waals surface area contributed by atoms with Crippen LogP contribution in [0.3, 0.4) is 0 Å². The van der Waals surface area contributed by atoms with Gasteiger partial charge in [-0.25, -0.2) is 0 Å². The summed E-state index contributed by atoms with van der Waals surface area (Å²) < 4.78 is 43.7. The van der Waals surface area contributed by atoms with Gasteiger partial charge in [-0.3, -0.25) is 9.78 Å². The van der Waals surface area contributed by atoms with Crippen molar-refractivity contribution in [2.75, 3.05) is 18.2 Å². The number of benzene rings is 1. The van der Waals surface area contributed by atoms with E-state index in [-0.39, 0.29) is 17.2 Å². The Balaban J connectivity index is 1.63. The van der Waals surface area contributed by atoms with Gasteiger partial charge in [0, 0.05) is 18.0 Å². The Hall–Kier alpha value is -3.14. The minimum absolute atomic E-state index is 0.0490. The Kier molecular flexibility index (Phi) is 6.32. The Morgan fingerprint density at radius 1 is 1.10 bits per heavy atom. The van der Waals surface area contributed by atoms with E-state index in [9.17, 15) is 18.0 Å². The molecule has 29 heavy (non-hydrogen) atoms. The number of thioether (sulfide) groups is 1. The number of hydrogen-bond donors (Lipinski definition) is 1. The van der Waals surface area contributed by atoms with Crippen LogP contribution in [0.5, 0.6) is 5.75 Å². The number of ether oxygens (including phenoxy) is 1. The minimum atomic E-state index is -4.52. The van der Waals surface area contributed by atoms with Crippen molar-refractivity contribution in [3.8, 4) is 17.0 Å². The zero-order chi connectivity index (χ0) is 20.9. The van der Waals surface area contributed by atoms with Crippen LogP contribution < -0.4 is 10.1 Å². The van der Waals surface area contributed by atoms with E-state index < -0.39 is 17.6 Å². The number of carbonyl (C=O) groups excluding carboxylic acids is 1. The number of alkyl halides is 3. The van der Waals surface area contributed by atoms with E-state index in [1.807, 2.05) is 0 Å². The number of aromatic nitrogens is 3. The third kappa shape index (κ3) is 5.44. The van der Waals surface area contributed by atoms with Crippen LogP contribution in [0.4, 0.5) is 18.9 Å². The second-order valence-corrected chi connectivity index (χ2v) is 6.74. The molecule has 10 heteroatoms. The van der Waals surface area contributed by atoms with Crippen LogP contribution in [0.25, 0.3) is 11.3 Å². The second-order valence-electron chi connectivity index (χ2n) is 5.74. The van der Waals surface area contributed by atoms with Gasteiger partial charge in [0.15, 0.2) is 0 Å². The fourth-order valence-corrected chi connectivity index (χ4v) is 3.00. The summed E-state index contributed by atoms with van der Waals surface area (Å²) in [5, 5.41) is 11.1. The molecule has 0 aliphatic rings. The molecule has 1 amide bonds. The number of nitrogens with one attached hydrogen (secondary N) is 1. The lowest BCUT2D eigenvalue weighted by atomic mass is 10.2. The monoisotopic (exact) mass is 420 g/mol. The summed E-state index contributed by atoms with van der Waals surface area (Å²) in [6.07, 6.45) is -1.23. The molecule has 1 N–H and O–H groups in total. The van der Waals surface area contributed by atoms with Crippen molar-refractivity contribution in [1.82, 2.24) is 15.2 Å². The van der Waals surface area contributed by atoms with Gasteiger partial charge < -0.3 is 10.1 Å². The first kappa shape index (κ1) is 20.6. The van der Waals surface area contributed by atoms with Crippen LogP contribution in [0.1, 0.15) is 5.56 Å². The fraction of sp³-hybridized carbons (Fsp3) is 0.158. The van der Waals surface area contributed by atoms with Crippen molar-refractivity contribution in [2.45, 2.75) is 11.2 Å². The summed E-state index contributed by atoms with van der Waals surface area (Å²) in [6, 6.07) is 9.96. The van der Waals surface area contributed by atoms with E-state index in [2.05, 4.69) is 20.5 Å². The maximum atomic E-state index is 12.9. The van der Waals surface area contributed by atoms with Crippen LogP contribution in [0.2, 0.25) is 0 Å². The van der Waals surface area contributed by atoms with E-state index in [1.54, 1.807) is 36.7 Å². The molecule has 0 unspecified atom stereocenters. The summed E-state index contributed by atoms with van der Waals surface area (Å²) in [5.41, 5.74) is 0.596. The lowest BCUT2D eigenvalue weighted by Gasteiger charge is -2.13. The van der Waals surface area contributed by atoms with E-state index >= 15 is 0 Å². The van der Waals surface area contributed by atoms with Gasteiger partial charge in [0.05, 0.1) is 29.8 Å². The normalized spacial score (nSPS) is 11.2. The Bertz CT molecular complexity index is 983. The predicted molar refractivity (Wildman–Crippen MR) is 103 cm³/mol. The summed E-state index contributed by atoms with van der Waals surface area (Å²) >= 11 is 1.11. The van der Waals surface area contributed by atoms with Crippen molar-refractivity contribution in [3.05, 3.63) is 60.4 Å². The van der Waals surface area contributed by atoms with Gasteiger partial charge in [0.2, 0.25) is 5.91 Å². The zero-order valence-electron chi connectivity index (χ0n) is 15.1. The highest BCUT2D eigenvalue weighted by Gasteiger charge is 2.31. The number of halogens is 3. The van der Waals surface area contributed by atoms with Gasteiger partial charge in [-0.05, 0) is 42.5 Å². The maximum absolute atomic E-state index is 12.9. The van der Waals surface area contributed by atoms with E-state index in [0.717, 1.165) is 35.5 Å². The molecule has 0 aliphatic carbocycles. The molecule has 3 rings (SSSR count). The maximum Gasteiger partial charge on any atom is 0.416 e. The van der Waals surface area contributed by atoms with Gasteiger partial charge in [0.1, 0.15) is 10.8 Å². The number of pyridine rings is 1. The topological polar surface area (TPSA) is 77.0 Å². The number of methoxy groups -OCH3 is 1. The Morgan fingerprint density at radius 3 is 2.48 bits per heavy atom. The lowest BCUT2D eigenvalue weighted by Crippen LogP contribution is -2.16. The first-order valence-electron chi connectivity index (χ1n) is 8.29. The summed E-state index contributed by atoms with van der Waals surface area (Å²) in [4.78, 5) is 16.1. The van der Waals surface area contributed by atoms with Crippen LogP contribution >= 0.6 is 11.8 Å². The number of anilines is 1. The largest absolute Gasteiger partial charge is 0.495 e. The SMILES string of the molecule is COc1ccc(C(F)(F)F)cc1NC(=O)CSc1ccc(-c2ccncc2)nn1. The van der Waals surface area contributed by atoms with Crippen molar-refractivity contribution in [1.29, 1.82) is 0 Å². The fourth-order valence-electron chi connectivity index (χ4n) is 2.38. The predicted octanol–water partition coefficient (Wildman–Crippen LogP) is 4.30. The molecular formula is C19H15F3N4O2S. The molecule has 0 saturated carbocycles. The molecule has 2 aromatic heterocycles. The quantitative estimate of drug-likeness (QED) is 0.600. The van der Waals surface area contributed by atoms with Gasteiger partial charge in [-0.1, -0.05) is 11.8 Å². The Morgan fingerprint density at radius 2 is 1.86 bits per heavy atom. The van der Waals surface area contributed by atoms with Crippen LogP contribution in [-0.2, 0) is 11.0 Å². The van der Waals surface area contributed by atoms with E-state index in [0.29, 0.717) is 10.7 Å². The third-order valence-corrected chi connectivity index (χ3v) is 4.69. The van der Waals surface area contributed by atoms with Gasteiger partial charge in [-0.2, -0.15) is 13.2 Å². The lowest BCUT2D eigenvalue weighted by molar-refractivity contribution is -0.137. The molecule has 2 heterocycles. The summed E-state index contributed by atoms with van der Waals surface area (Å²) in [7, 11) is 1.31. The zero-order valence-corrected chi connectivity index (χ0v) is 15.9. The molecule has 3 aromatic rings. The first-order chi connectivity index (χ1) is 13.9. The Labute approximate surface area is 168 Å². The van der Waals surface area contributed by atoms with Crippen molar-refractivity contribution in [3.63, 3.8) is 0 Å². The third-order valence-electron chi connectivity index (χ3n) is 3.77. The highest BCUT2D eigenvalue weighted by Crippen LogP contribution is 2.35. The molecule has 0 aliphatic heterocycles. The number of amides is 1. The highest BCUT2D eigenvalue weighted by atomic mass is 32.2. The van der Waals surface area contributed by atoms with Crippen molar-refractivity contribution >= 4 is 23.4 Å². The molecule has 6 nitrogen and oxygen atoms in total. The average Bonchev–Trinajstić information content (AvgIpc) is 2.72. The molecule has 0 spiro atoms. The molecule has 0 fully saturated rings. The second kappa shape index (κ2) is 8.91. The number of rotatable bonds is 6. The van der Waals surface area contributed by atoms with Gasteiger partial charge in [0.25, 0.3) is 0 Å². The van der Waals surface area contributed by atoms with Crippen molar-refractivity contribution < 1.29 is 22.7 Å². The summed E-state index contributed by atoms with van der Waals surface area (Å²) in [6.45, 7) is 0.